The van der Waals surface area contributed by atoms with E-state index in [9.17, 15) is 8.78 Å². The molecule has 13 heavy (non-hydrogen) atoms. The van der Waals surface area contributed by atoms with Gasteiger partial charge in [-0.1, -0.05) is 23.2 Å². The Morgan fingerprint density at radius 1 is 1.23 bits per heavy atom. The molecule has 0 radical (unpaired) electrons. The Labute approximate surface area is 83.4 Å². The first-order valence-electron chi connectivity index (χ1n) is 3.24. The summed E-state index contributed by atoms with van der Waals surface area (Å²) in [5.74, 6) is 0. The molecule has 0 fully saturated rings. The highest BCUT2D eigenvalue weighted by Crippen LogP contribution is 2.25. The van der Waals surface area contributed by atoms with Crippen LogP contribution in [0, 0.1) is 0 Å². The lowest BCUT2D eigenvalue weighted by atomic mass is 10.3. The molecule has 0 amide bonds. The Morgan fingerprint density at radius 3 is 2.46 bits per heavy atom. The van der Waals surface area contributed by atoms with Crippen molar-refractivity contribution in [1.82, 2.24) is 0 Å². The summed E-state index contributed by atoms with van der Waals surface area (Å²) in [6.07, 6.45) is 0. The molecule has 0 aliphatic heterocycles. The highest BCUT2D eigenvalue weighted by atomic mass is 35.5. The number of hydrogen-bond acceptors (Lipinski definition) is 2. The molecular weight excluding hydrogens is 223 g/mol. The van der Waals surface area contributed by atoms with E-state index in [1.807, 2.05) is 5.48 Å². The maximum atomic E-state index is 11.6. The summed E-state index contributed by atoms with van der Waals surface area (Å²) in [4.78, 5) is 3.84. The van der Waals surface area contributed by atoms with E-state index in [2.05, 4.69) is 4.84 Å². The quantitative estimate of drug-likeness (QED) is 0.798. The molecule has 0 aliphatic rings. The van der Waals surface area contributed by atoms with Gasteiger partial charge in [0.25, 0.3) is 0 Å². The van der Waals surface area contributed by atoms with Crippen LogP contribution in [0.5, 0.6) is 0 Å². The molecule has 0 saturated heterocycles. The van der Waals surface area contributed by atoms with E-state index in [0.717, 1.165) is 0 Å². The first-order valence-corrected chi connectivity index (χ1v) is 4.00. The Kier molecular flexibility index (Phi) is 3.71. The smallest absolute Gasteiger partial charge is 0.261 e. The molecule has 1 N–H and O–H groups in total. The molecule has 6 heteroatoms. The molecule has 0 bridgehead atoms. The lowest BCUT2D eigenvalue weighted by molar-refractivity contribution is -0.105. The second-order valence-electron chi connectivity index (χ2n) is 2.11. The fourth-order valence-corrected chi connectivity index (χ4v) is 0.970. The van der Waals surface area contributed by atoms with Gasteiger partial charge in [0.15, 0.2) is 0 Å². The minimum Gasteiger partial charge on any atom is -0.261 e. The molecule has 0 saturated carbocycles. The summed E-state index contributed by atoms with van der Waals surface area (Å²) in [5, 5.41) is 0.619. The van der Waals surface area contributed by atoms with Crippen LogP contribution in [0.4, 0.5) is 14.5 Å². The predicted octanol–water partition coefficient (Wildman–Crippen LogP) is 3.56. The molecule has 0 spiro atoms. The van der Waals surface area contributed by atoms with E-state index in [0.29, 0.717) is 10.7 Å². The van der Waals surface area contributed by atoms with Crippen molar-refractivity contribution in [2.75, 3.05) is 5.48 Å². The zero-order chi connectivity index (χ0) is 9.84. The molecule has 2 nitrogen and oxygen atoms in total. The van der Waals surface area contributed by atoms with Crippen LogP contribution in [0.3, 0.4) is 0 Å². The standard InChI is InChI=1S/C7H5Cl2F2NO/c8-5-2-1-4(3-6(5)9)12-13-7(10)11/h1-3,7,12H. The molecule has 0 heterocycles. The van der Waals surface area contributed by atoms with Gasteiger partial charge in [0.1, 0.15) is 0 Å². The summed E-state index contributed by atoms with van der Waals surface area (Å²) in [7, 11) is 0. The molecule has 1 aromatic carbocycles. The van der Waals surface area contributed by atoms with Crippen molar-refractivity contribution in [3.8, 4) is 0 Å². The number of rotatable bonds is 3. The molecule has 0 atom stereocenters. The van der Waals surface area contributed by atoms with Gasteiger partial charge in [-0.25, -0.2) is 4.84 Å². The number of hydrogen-bond donors (Lipinski definition) is 1. The number of alkyl halides is 2. The zero-order valence-electron chi connectivity index (χ0n) is 6.23. The third kappa shape index (κ3) is 3.34. The van der Waals surface area contributed by atoms with E-state index in [1.54, 1.807) is 0 Å². The van der Waals surface area contributed by atoms with Crippen LogP contribution in [0.1, 0.15) is 0 Å². The Bertz CT molecular complexity index is 296. The average Bonchev–Trinajstić information content (AvgIpc) is 2.07. The van der Waals surface area contributed by atoms with Gasteiger partial charge in [0, 0.05) is 0 Å². The van der Waals surface area contributed by atoms with E-state index in [-0.39, 0.29) is 5.02 Å². The summed E-state index contributed by atoms with van der Waals surface area (Å²) < 4.78 is 23.1. The van der Waals surface area contributed by atoms with Crippen molar-refractivity contribution < 1.29 is 13.6 Å². The molecule has 0 aliphatic carbocycles. The fourth-order valence-electron chi connectivity index (χ4n) is 0.672. The molecule has 1 rings (SSSR count). The van der Waals surface area contributed by atoms with Crippen LogP contribution in [0.25, 0.3) is 0 Å². The SMILES string of the molecule is FC(F)ONc1ccc(Cl)c(Cl)c1. The molecular formula is C7H5Cl2F2NO. The topological polar surface area (TPSA) is 21.3 Å². The summed E-state index contributed by atoms with van der Waals surface area (Å²) in [6.45, 7) is -2.88. The lowest BCUT2D eigenvalue weighted by Crippen LogP contribution is -2.06. The Balaban J connectivity index is 2.63. The van der Waals surface area contributed by atoms with Gasteiger partial charge in [-0.15, -0.1) is 0 Å². The maximum absolute atomic E-state index is 11.6. The number of anilines is 1. The second kappa shape index (κ2) is 4.60. The lowest BCUT2D eigenvalue weighted by Gasteiger charge is -2.05. The van der Waals surface area contributed by atoms with E-state index in [4.69, 9.17) is 23.2 Å². The van der Waals surface area contributed by atoms with Gasteiger partial charge in [-0.3, -0.25) is 5.48 Å². The van der Waals surface area contributed by atoms with Crippen molar-refractivity contribution in [3.63, 3.8) is 0 Å². The Morgan fingerprint density at radius 2 is 1.92 bits per heavy atom. The number of benzene rings is 1. The van der Waals surface area contributed by atoms with Crippen LogP contribution in [0.15, 0.2) is 18.2 Å². The second-order valence-corrected chi connectivity index (χ2v) is 2.92. The van der Waals surface area contributed by atoms with Gasteiger partial charge >= 0.3 is 6.61 Å². The Hall–Kier alpha value is -0.580. The molecule has 0 aromatic heterocycles. The highest BCUT2D eigenvalue weighted by Gasteiger charge is 2.03. The monoisotopic (exact) mass is 227 g/mol. The number of halogens is 4. The first kappa shape index (κ1) is 10.5. The van der Waals surface area contributed by atoms with Gasteiger partial charge in [-0.05, 0) is 18.2 Å². The van der Waals surface area contributed by atoms with Gasteiger partial charge < -0.3 is 0 Å². The molecule has 72 valence electrons. The van der Waals surface area contributed by atoms with Crippen LogP contribution in [-0.4, -0.2) is 6.61 Å². The fraction of sp³-hybridized carbons (Fsp3) is 0.143. The zero-order valence-corrected chi connectivity index (χ0v) is 7.74. The minimum absolute atomic E-state index is 0.268. The third-order valence-corrected chi connectivity index (χ3v) is 1.92. The van der Waals surface area contributed by atoms with Gasteiger partial charge in [0.2, 0.25) is 0 Å². The third-order valence-electron chi connectivity index (χ3n) is 1.19. The highest BCUT2D eigenvalue weighted by molar-refractivity contribution is 6.42. The largest absolute Gasteiger partial charge is 0.364 e. The van der Waals surface area contributed by atoms with E-state index >= 15 is 0 Å². The van der Waals surface area contributed by atoms with E-state index in [1.165, 1.54) is 18.2 Å². The first-order chi connectivity index (χ1) is 6.09. The summed E-state index contributed by atoms with van der Waals surface area (Å²) in [5.41, 5.74) is 2.33. The van der Waals surface area contributed by atoms with E-state index < -0.39 is 6.61 Å². The van der Waals surface area contributed by atoms with Crippen LogP contribution in [-0.2, 0) is 4.84 Å². The van der Waals surface area contributed by atoms with Crippen LogP contribution in [0.2, 0.25) is 10.0 Å². The molecule has 0 unspecified atom stereocenters. The number of nitrogens with one attached hydrogen (secondary N) is 1. The van der Waals surface area contributed by atoms with Gasteiger partial charge in [0.05, 0.1) is 15.7 Å². The van der Waals surface area contributed by atoms with Crippen LogP contribution < -0.4 is 5.48 Å². The average molecular weight is 228 g/mol. The minimum atomic E-state index is -2.88. The van der Waals surface area contributed by atoms with Crippen molar-refractivity contribution in [2.24, 2.45) is 0 Å². The summed E-state index contributed by atoms with van der Waals surface area (Å²) >= 11 is 11.2. The molecule has 1 aromatic rings. The normalized spacial score (nSPS) is 10.5. The van der Waals surface area contributed by atoms with Gasteiger partial charge in [-0.2, -0.15) is 8.78 Å². The van der Waals surface area contributed by atoms with Crippen LogP contribution >= 0.6 is 23.2 Å². The van der Waals surface area contributed by atoms with Crippen molar-refractivity contribution >= 4 is 28.9 Å². The van der Waals surface area contributed by atoms with Crippen molar-refractivity contribution in [1.29, 1.82) is 0 Å². The summed E-state index contributed by atoms with van der Waals surface area (Å²) in [6, 6.07) is 4.32. The predicted molar refractivity (Wildman–Crippen MR) is 47.2 cm³/mol. The van der Waals surface area contributed by atoms with Crippen molar-refractivity contribution in [2.45, 2.75) is 6.61 Å². The maximum Gasteiger partial charge on any atom is 0.364 e. The van der Waals surface area contributed by atoms with Crippen molar-refractivity contribution in [3.05, 3.63) is 28.2 Å².